The van der Waals surface area contributed by atoms with E-state index in [1.807, 2.05) is 38.1 Å². The summed E-state index contributed by atoms with van der Waals surface area (Å²) in [5, 5.41) is 2.79. The van der Waals surface area contributed by atoms with E-state index in [4.69, 9.17) is 0 Å². The number of nitrogens with one attached hydrogen (secondary N) is 1. The smallest absolute Gasteiger partial charge is 0.243 e. The molecule has 7 heteroatoms. The van der Waals surface area contributed by atoms with E-state index in [-0.39, 0.29) is 17.3 Å². The number of sulfonamides is 1. The molecule has 0 heterocycles. The van der Waals surface area contributed by atoms with Crippen molar-refractivity contribution < 1.29 is 13.2 Å². The van der Waals surface area contributed by atoms with Crippen LogP contribution < -0.4 is 5.32 Å². The molecule has 0 unspecified atom stereocenters. The van der Waals surface area contributed by atoms with Gasteiger partial charge in [0, 0.05) is 11.9 Å². The Morgan fingerprint density at radius 3 is 2.40 bits per heavy atom. The number of thioether (sulfide) groups is 1. The summed E-state index contributed by atoms with van der Waals surface area (Å²) in [6.45, 7) is 3.67. The van der Waals surface area contributed by atoms with Gasteiger partial charge in [0.2, 0.25) is 15.9 Å². The summed E-state index contributed by atoms with van der Waals surface area (Å²) in [4.78, 5) is 13.4. The third kappa shape index (κ3) is 5.07. The zero-order chi connectivity index (χ0) is 18.4. The molecule has 25 heavy (non-hydrogen) atoms. The number of carbonyl (C=O) groups is 1. The maximum absolute atomic E-state index is 12.5. The van der Waals surface area contributed by atoms with E-state index in [1.165, 1.54) is 7.05 Å². The molecule has 0 bridgehead atoms. The standard InChI is InChI=1S/C18H22N2O3S2/c1-4-24-17-8-6-5-7-16(17)19-18(21)13-20(3)25(22,23)15-11-9-14(2)10-12-15/h5-12H,4,13H2,1-3H3,(H,19,21). The predicted octanol–water partition coefficient (Wildman–Crippen LogP) is 3.37. The van der Waals surface area contributed by atoms with Gasteiger partial charge in [-0.15, -0.1) is 11.8 Å². The fraction of sp³-hybridized carbons (Fsp3) is 0.278. The molecule has 0 atom stereocenters. The molecule has 0 spiro atoms. The van der Waals surface area contributed by atoms with E-state index >= 15 is 0 Å². The Bertz CT molecular complexity index is 834. The van der Waals surface area contributed by atoms with Gasteiger partial charge in [0.1, 0.15) is 0 Å². The van der Waals surface area contributed by atoms with Gasteiger partial charge in [-0.05, 0) is 36.9 Å². The lowest BCUT2D eigenvalue weighted by atomic mass is 10.2. The fourth-order valence-corrected chi connectivity index (χ4v) is 4.11. The van der Waals surface area contributed by atoms with E-state index in [2.05, 4.69) is 5.32 Å². The van der Waals surface area contributed by atoms with Crippen LogP contribution in [0.2, 0.25) is 0 Å². The molecule has 5 nitrogen and oxygen atoms in total. The first-order valence-electron chi connectivity index (χ1n) is 7.89. The minimum atomic E-state index is -3.70. The van der Waals surface area contributed by atoms with E-state index in [0.717, 1.165) is 20.5 Å². The van der Waals surface area contributed by atoms with Crippen LogP contribution in [0.1, 0.15) is 12.5 Å². The summed E-state index contributed by atoms with van der Waals surface area (Å²) in [7, 11) is -2.29. The molecule has 0 radical (unpaired) electrons. The first-order valence-corrected chi connectivity index (χ1v) is 10.3. The van der Waals surface area contributed by atoms with Gasteiger partial charge in [-0.2, -0.15) is 4.31 Å². The van der Waals surface area contributed by atoms with Gasteiger partial charge < -0.3 is 5.32 Å². The first kappa shape index (κ1) is 19.5. The van der Waals surface area contributed by atoms with Gasteiger partial charge in [0.15, 0.2) is 0 Å². The SMILES string of the molecule is CCSc1ccccc1NC(=O)CN(C)S(=O)(=O)c1ccc(C)cc1. The summed E-state index contributed by atoms with van der Waals surface area (Å²) in [5.41, 5.74) is 1.67. The highest BCUT2D eigenvalue weighted by Gasteiger charge is 2.23. The molecule has 0 aliphatic rings. The minimum Gasteiger partial charge on any atom is -0.324 e. The van der Waals surface area contributed by atoms with E-state index in [1.54, 1.807) is 36.0 Å². The van der Waals surface area contributed by atoms with E-state index in [0.29, 0.717) is 5.69 Å². The average Bonchev–Trinajstić information content (AvgIpc) is 2.57. The second kappa shape index (κ2) is 8.51. The normalized spacial score (nSPS) is 11.5. The molecule has 2 rings (SSSR count). The lowest BCUT2D eigenvalue weighted by molar-refractivity contribution is -0.116. The van der Waals surface area contributed by atoms with Crippen molar-refractivity contribution in [1.29, 1.82) is 0 Å². The quantitative estimate of drug-likeness (QED) is 0.750. The number of carbonyl (C=O) groups excluding carboxylic acids is 1. The lowest BCUT2D eigenvalue weighted by Gasteiger charge is -2.17. The molecular formula is C18H22N2O3S2. The zero-order valence-electron chi connectivity index (χ0n) is 14.5. The molecule has 0 saturated carbocycles. The van der Waals surface area contributed by atoms with Crippen LogP contribution in [0.5, 0.6) is 0 Å². The van der Waals surface area contributed by atoms with E-state index < -0.39 is 10.0 Å². The van der Waals surface area contributed by atoms with Gasteiger partial charge in [-0.1, -0.05) is 36.8 Å². The molecule has 1 amide bonds. The number of amides is 1. The molecule has 0 fully saturated rings. The number of nitrogens with zero attached hydrogens (tertiary/aromatic N) is 1. The molecule has 2 aromatic rings. The third-order valence-electron chi connectivity index (χ3n) is 3.56. The van der Waals surface area contributed by atoms with Crippen molar-refractivity contribution in [2.75, 3.05) is 24.7 Å². The Labute approximate surface area is 153 Å². The Morgan fingerprint density at radius 1 is 1.12 bits per heavy atom. The van der Waals surface area contributed by atoms with Crippen molar-refractivity contribution in [2.45, 2.75) is 23.6 Å². The third-order valence-corrected chi connectivity index (χ3v) is 6.33. The number of para-hydroxylation sites is 1. The highest BCUT2D eigenvalue weighted by atomic mass is 32.2. The van der Waals surface area contributed by atoms with Gasteiger partial charge >= 0.3 is 0 Å². The van der Waals surface area contributed by atoms with Crippen LogP contribution >= 0.6 is 11.8 Å². The highest BCUT2D eigenvalue weighted by molar-refractivity contribution is 7.99. The number of aryl methyl sites for hydroxylation is 1. The monoisotopic (exact) mass is 378 g/mol. The molecule has 0 aliphatic carbocycles. The second-order valence-corrected chi connectivity index (χ2v) is 8.90. The van der Waals surface area contributed by atoms with Crippen LogP contribution in [0.3, 0.4) is 0 Å². The summed E-state index contributed by atoms with van der Waals surface area (Å²) >= 11 is 1.62. The minimum absolute atomic E-state index is 0.176. The van der Waals surface area contributed by atoms with Gasteiger partial charge in [0.25, 0.3) is 0 Å². The van der Waals surface area contributed by atoms with Crippen molar-refractivity contribution in [2.24, 2.45) is 0 Å². The van der Waals surface area contributed by atoms with Crippen molar-refractivity contribution in [1.82, 2.24) is 4.31 Å². The van der Waals surface area contributed by atoms with Crippen LogP contribution in [0.15, 0.2) is 58.3 Å². The maximum Gasteiger partial charge on any atom is 0.243 e. The lowest BCUT2D eigenvalue weighted by Crippen LogP contribution is -2.35. The fourth-order valence-electron chi connectivity index (χ4n) is 2.22. The van der Waals surface area contributed by atoms with Gasteiger partial charge in [0.05, 0.1) is 17.1 Å². The van der Waals surface area contributed by atoms with Crippen LogP contribution in [0, 0.1) is 6.92 Å². The Balaban J connectivity index is 2.08. The van der Waals surface area contributed by atoms with Crippen LogP contribution in [-0.4, -0.2) is 38.0 Å². The first-order chi connectivity index (χ1) is 11.8. The topological polar surface area (TPSA) is 66.5 Å². The van der Waals surface area contributed by atoms with Crippen LogP contribution in [0.4, 0.5) is 5.69 Å². The second-order valence-electron chi connectivity index (χ2n) is 5.55. The summed E-state index contributed by atoms with van der Waals surface area (Å²) in [5.74, 6) is 0.511. The molecule has 0 aliphatic heterocycles. The number of hydrogen-bond donors (Lipinski definition) is 1. The molecule has 2 aromatic carbocycles. The molecule has 134 valence electrons. The number of likely N-dealkylation sites (N-methyl/N-ethyl adjacent to an activating group) is 1. The predicted molar refractivity (Wildman–Crippen MR) is 102 cm³/mol. The highest BCUT2D eigenvalue weighted by Crippen LogP contribution is 2.26. The molecule has 0 aromatic heterocycles. The Kier molecular flexibility index (Phi) is 6.64. The van der Waals surface area contributed by atoms with Gasteiger partial charge in [-0.25, -0.2) is 8.42 Å². The number of benzene rings is 2. The van der Waals surface area contributed by atoms with Crippen LogP contribution in [0.25, 0.3) is 0 Å². The number of anilines is 1. The molecule has 0 saturated heterocycles. The summed E-state index contributed by atoms with van der Waals surface area (Å²) in [6.07, 6.45) is 0. The van der Waals surface area contributed by atoms with E-state index in [9.17, 15) is 13.2 Å². The summed E-state index contributed by atoms with van der Waals surface area (Å²) in [6, 6.07) is 14.0. The maximum atomic E-state index is 12.5. The Morgan fingerprint density at radius 2 is 1.76 bits per heavy atom. The Hall–Kier alpha value is -1.83. The van der Waals surface area contributed by atoms with Gasteiger partial charge in [-0.3, -0.25) is 4.79 Å². The van der Waals surface area contributed by atoms with Crippen molar-refractivity contribution in [3.8, 4) is 0 Å². The van der Waals surface area contributed by atoms with Crippen molar-refractivity contribution in [3.05, 3.63) is 54.1 Å². The number of rotatable bonds is 7. The van der Waals surface area contributed by atoms with Crippen molar-refractivity contribution in [3.63, 3.8) is 0 Å². The molecular weight excluding hydrogens is 356 g/mol. The van der Waals surface area contributed by atoms with Crippen molar-refractivity contribution >= 4 is 33.4 Å². The zero-order valence-corrected chi connectivity index (χ0v) is 16.2. The average molecular weight is 379 g/mol. The number of hydrogen-bond acceptors (Lipinski definition) is 4. The van der Waals surface area contributed by atoms with Crippen LogP contribution in [-0.2, 0) is 14.8 Å². The molecule has 1 N–H and O–H groups in total. The largest absolute Gasteiger partial charge is 0.324 e. The summed E-state index contributed by atoms with van der Waals surface area (Å²) < 4.78 is 26.1.